The Kier molecular flexibility index (Phi) is 7.87. The maximum Gasteiger partial charge on any atom is 0.353 e. The largest absolute Gasteiger partial charge is 0.477 e. The molecule has 3 saturated heterocycles. The quantitative estimate of drug-likeness (QED) is 0.197. The van der Waals surface area contributed by atoms with Crippen molar-refractivity contribution in [2.75, 3.05) is 26.2 Å². The number of rotatable bonds is 9. The number of hydrogen-bond donors (Lipinski definition) is 5. The van der Waals surface area contributed by atoms with Gasteiger partial charge in [0.1, 0.15) is 18.6 Å². The number of aliphatic carboxylic acids is 1. The van der Waals surface area contributed by atoms with E-state index in [0.29, 0.717) is 43.8 Å². The van der Waals surface area contributed by atoms with Crippen LogP contribution in [0.15, 0.2) is 16.9 Å². The molecule has 4 aliphatic heterocycles. The predicted molar refractivity (Wildman–Crippen MR) is 141 cm³/mol. The average Bonchev–Trinajstić information content (AvgIpc) is 3.65. The van der Waals surface area contributed by atoms with E-state index < -0.39 is 23.5 Å². The molecule has 218 valence electrons. The molecule has 1 unspecified atom stereocenters. The molecule has 0 bridgehead atoms. The number of nitrogens with two attached hydrogens (primary N) is 1. The molecule has 0 aliphatic carbocycles. The van der Waals surface area contributed by atoms with Crippen LogP contribution < -0.4 is 16.4 Å². The van der Waals surface area contributed by atoms with Crippen LogP contribution >= 0.6 is 11.8 Å². The third-order valence-corrected chi connectivity index (χ3v) is 10.00. The first-order chi connectivity index (χ1) is 19.0. The van der Waals surface area contributed by atoms with E-state index in [2.05, 4.69) is 26.2 Å². The lowest BCUT2D eigenvalue weighted by Gasteiger charge is -2.47. The Morgan fingerprint density at radius 2 is 2.05 bits per heavy atom. The van der Waals surface area contributed by atoms with E-state index in [4.69, 9.17) is 5.73 Å². The Balaban J connectivity index is 1.21. The lowest BCUT2D eigenvalue weighted by molar-refractivity contribution is -0.158. The summed E-state index contributed by atoms with van der Waals surface area (Å²) < 4.78 is 1.27. The minimum absolute atomic E-state index is 0.00920. The smallest absolute Gasteiger partial charge is 0.353 e. The topological polar surface area (TPSA) is 209 Å². The van der Waals surface area contributed by atoms with Gasteiger partial charge in [-0.1, -0.05) is 6.92 Å². The van der Waals surface area contributed by atoms with Crippen molar-refractivity contribution in [2.45, 2.75) is 68.6 Å². The molecule has 6 N–H and O–H groups in total. The highest BCUT2D eigenvalue weighted by molar-refractivity contribution is 8.03. The Bertz CT molecular complexity index is 1200. The van der Waals surface area contributed by atoms with E-state index in [1.54, 1.807) is 11.8 Å². The normalized spacial score (nSPS) is 30.2. The van der Waals surface area contributed by atoms with Crippen LogP contribution in [-0.2, 0) is 25.7 Å². The van der Waals surface area contributed by atoms with Crippen LogP contribution in [0.4, 0.5) is 0 Å². The Morgan fingerprint density at radius 3 is 2.67 bits per heavy atom. The van der Waals surface area contributed by atoms with E-state index in [1.807, 2.05) is 6.92 Å². The van der Waals surface area contributed by atoms with Crippen LogP contribution in [0, 0.1) is 11.8 Å². The number of carbonyl (C=O) groups excluding carboxylic acids is 3. The number of carboxylic acid groups (broad SMARTS) is 1. The van der Waals surface area contributed by atoms with Gasteiger partial charge in [-0.05, 0) is 36.6 Å². The van der Waals surface area contributed by atoms with Gasteiger partial charge in [0.25, 0.3) is 0 Å². The van der Waals surface area contributed by atoms with E-state index in [9.17, 15) is 29.4 Å². The monoisotopic (exact) mass is 577 g/mol. The fourth-order valence-electron chi connectivity index (χ4n) is 6.20. The van der Waals surface area contributed by atoms with Crippen LogP contribution in [0.1, 0.15) is 33.1 Å². The van der Waals surface area contributed by atoms with Crippen molar-refractivity contribution in [2.24, 2.45) is 17.6 Å². The molecule has 1 aromatic rings. The molecular weight excluding hydrogens is 542 g/mol. The SMILES string of the molecule is CC(NC(=O)Cn1cnnn1)[C@H]1C(=O)N2C(C(=O)O)=C(S[C@@H]3CN[C@H](C(=O)N4CCC(N)(CO)CC4)C3)[C@H](C)[C@H]12. The maximum atomic E-state index is 13.2. The van der Waals surface area contributed by atoms with Crippen LogP contribution in [0.5, 0.6) is 0 Å². The first-order valence-corrected chi connectivity index (χ1v) is 14.3. The van der Waals surface area contributed by atoms with Crippen molar-refractivity contribution in [1.29, 1.82) is 0 Å². The molecule has 5 rings (SSSR count). The molecule has 16 heteroatoms. The van der Waals surface area contributed by atoms with Crippen LogP contribution in [0.2, 0.25) is 0 Å². The molecule has 15 nitrogen and oxygen atoms in total. The van der Waals surface area contributed by atoms with E-state index >= 15 is 0 Å². The number of aliphatic hydroxyl groups excluding tert-OH is 1. The molecule has 40 heavy (non-hydrogen) atoms. The third-order valence-electron chi connectivity index (χ3n) is 8.48. The zero-order valence-electron chi connectivity index (χ0n) is 22.4. The number of fused-ring (bicyclic) bond motifs is 1. The summed E-state index contributed by atoms with van der Waals surface area (Å²) >= 11 is 1.42. The lowest BCUT2D eigenvalue weighted by atomic mass is 9.78. The number of hydrogen-bond acceptors (Lipinski definition) is 11. The van der Waals surface area contributed by atoms with Gasteiger partial charge in [-0.3, -0.25) is 14.4 Å². The molecule has 5 heterocycles. The molecule has 1 aromatic heterocycles. The number of carboxylic acids is 1. The number of tetrazole rings is 1. The zero-order valence-corrected chi connectivity index (χ0v) is 23.2. The van der Waals surface area contributed by atoms with E-state index in [-0.39, 0.29) is 59.8 Å². The van der Waals surface area contributed by atoms with Crippen molar-refractivity contribution in [3.05, 3.63) is 16.9 Å². The summed E-state index contributed by atoms with van der Waals surface area (Å²) in [6.07, 6.45) is 2.92. The fourth-order valence-corrected chi connectivity index (χ4v) is 7.68. The van der Waals surface area contributed by atoms with Crippen molar-refractivity contribution < 1.29 is 29.4 Å². The number of aromatic nitrogens is 4. The number of aliphatic hydroxyl groups is 1. The molecule has 3 amide bonds. The van der Waals surface area contributed by atoms with Gasteiger partial charge in [-0.25, -0.2) is 9.48 Å². The van der Waals surface area contributed by atoms with Crippen LogP contribution in [-0.4, -0.2) is 119 Å². The van der Waals surface area contributed by atoms with Gasteiger partial charge in [0.2, 0.25) is 17.7 Å². The van der Waals surface area contributed by atoms with Crippen molar-refractivity contribution in [3.63, 3.8) is 0 Å². The Labute approximate surface area is 234 Å². The third kappa shape index (κ3) is 5.20. The van der Waals surface area contributed by atoms with Crippen molar-refractivity contribution >= 4 is 35.5 Å². The summed E-state index contributed by atoms with van der Waals surface area (Å²) in [5.74, 6) is -2.68. The maximum absolute atomic E-state index is 13.2. The molecule has 0 saturated carbocycles. The first kappa shape index (κ1) is 28.4. The summed E-state index contributed by atoms with van der Waals surface area (Å²) in [4.78, 5) is 54.8. The summed E-state index contributed by atoms with van der Waals surface area (Å²) in [6.45, 7) is 4.95. The minimum atomic E-state index is -1.17. The average molecular weight is 578 g/mol. The summed E-state index contributed by atoms with van der Waals surface area (Å²) in [6, 6.07) is -1.28. The molecule has 0 spiro atoms. The summed E-state index contributed by atoms with van der Waals surface area (Å²) in [5, 5.41) is 36.2. The fraction of sp³-hybridized carbons (Fsp3) is 0.708. The van der Waals surface area contributed by atoms with Gasteiger partial charge in [0.05, 0.1) is 24.6 Å². The second kappa shape index (κ2) is 11.1. The number of likely N-dealkylation sites (tertiary alicyclic amines) is 1. The first-order valence-electron chi connectivity index (χ1n) is 13.4. The second-order valence-electron chi connectivity index (χ2n) is 11.2. The zero-order chi connectivity index (χ0) is 28.8. The predicted octanol–water partition coefficient (Wildman–Crippen LogP) is -2.27. The van der Waals surface area contributed by atoms with Crippen molar-refractivity contribution in [1.82, 2.24) is 40.6 Å². The molecule has 6 atom stereocenters. The molecule has 0 radical (unpaired) electrons. The number of nitrogens with one attached hydrogen (secondary N) is 2. The number of piperidine rings is 1. The number of nitrogens with zero attached hydrogens (tertiary/aromatic N) is 6. The molecule has 0 aromatic carbocycles. The number of β-lactam (4-membered cyclic amide) rings is 1. The summed E-state index contributed by atoms with van der Waals surface area (Å²) in [7, 11) is 0. The Hall–Kier alpha value is -3.08. The van der Waals surface area contributed by atoms with Crippen LogP contribution in [0.3, 0.4) is 0 Å². The highest BCUT2D eigenvalue weighted by Crippen LogP contribution is 2.51. The van der Waals surface area contributed by atoms with Gasteiger partial charge < -0.3 is 36.4 Å². The molecular formula is C24H35N9O6S. The highest BCUT2D eigenvalue weighted by Gasteiger charge is 2.60. The van der Waals surface area contributed by atoms with Crippen molar-refractivity contribution in [3.8, 4) is 0 Å². The number of carbonyl (C=O) groups is 4. The van der Waals surface area contributed by atoms with Gasteiger partial charge in [-0.15, -0.1) is 16.9 Å². The van der Waals surface area contributed by atoms with Gasteiger partial charge >= 0.3 is 5.97 Å². The van der Waals surface area contributed by atoms with E-state index in [0.717, 1.165) is 0 Å². The molecule has 3 fully saturated rings. The number of thioether (sulfide) groups is 1. The standard InChI is InChI=1S/C24H35N9O6S/c1-12-18-17(13(2)28-16(35)9-32-11-27-29-30-32)22(37)33(18)19(23(38)39)20(12)40-14-7-15(26-8-14)21(36)31-5-3-24(25,10-34)4-6-31/h11-15,17-18,26,34H,3-10,25H2,1-2H3,(H,28,35)(H,38,39)/t12-,13?,14+,15+,17-,18-/m1/s1. The minimum Gasteiger partial charge on any atom is -0.477 e. The van der Waals surface area contributed by atoms with Gasteiger partial charge in [0, 0.05) is 47.3 Å². The van der Waals surface area contributed by atoms with E-state index in [1.165, 1.54) is 27.7 Å². The molecule has 4 aliphatic rings. The highest BCUT2D eigenvalue weighted by atomic mass is 32.2. The second-order valence-corrected chi connectivity index (χ2v) is 12.5. The Morgan fingerprint density at radius 1 is 1.32 bits per heavy atom. The lowest BCUT2D eigenvalue weighted by Crippen LogP contribution is -2.66. The van der Waals surface area contributed by atoms with Crippen LogP contribution in [0.25, 0.3) is 0 Å². The van der Waals surface area contributed by atoms with Gasteiger partial charge in [0.15, 0.2) is 0 Å². The van der Waals surface area contributed by atoms with Gasteiger partial charge in [-0.2, -0.15) is 0 Å². The number of amides is 3. The summed E-state index contributed by atoms with van der Waals surface area (Å²) in [5.41, 5.74) is 5.49.